The summed E-state index contributed by atoms with van der Waals surface area (Å²) in [4.78, 5) is 0.313. The fraction of sp³-hybridized carbons (Fsp3) is 0.478. The quantitative estimate of drug-likeness (QED) is 0.769. The number of unbranched alkanes of at least 4 members (excludes halogenated alkanes) is 1. The van der Waals surface area contributed by atoms with Crippen LogP contribution in [0.25, 0.3) is 0 Å². The molecule has 2 aromatic rings. The molecule has 0 saturated carbocycles. The fourth-order valence-electron chi connectivity index (χ4n) is 4.50. The van der Waals surface area contributed by atoms with E-state index in [1.807, 2.05) is 37.3 Å². The number of methoxy groups -OCH3 is 1. The van der Waals surface area contributed by atoms with Gasteiger partial charge in [-0.3, -0.25) is 0 Å². The topological polar surface area (TPSA) is 63.6 Å². The van der Waals surface area contributed by atoms with Gasteiger partial charge in [0.1, 0.15) is 5.75 Å². The first-order valence-corrected chi connectivity index (χ1v) is 11.7. The van der Waals surface area contributed by atoms with Crippen LogP contribution in [-0.2, 0) is 9.84 Å². The highest BCUT2D eigenvalue weighted by atomic mass is 32.2. The van der Waals surface area contributed by atoms with E-state index in [1.165, 1.54) is 0 Å². The van der Waals surface area contributed by atoms with E-state index in [0.29, 0.717) is 29.1 Å². The Hall–Kier alpha value is -1.85. The van der Waals surface area contributed by atoms with Crippen LogP contribution in [0.15, 0.2) is 53.4 Å². The molecule has 4 nitrogen and oxygen atoms in total. The lowest BCUT2D eigenvalue weighted by Crippen LogP contribution is -2.42. The Morgan fingerprint density at radius 1 is 1.14 bits per heavy atom. The van der Waals surface area contributed by atoms with Gasteiger partial charge in [-0.2, -0.15) is 0 Å². The van der Waals surface area contributed by atoms with Crippen molar-refractivity contribution in [2.75, 3.05) is 12.9 Å². The van der Waals surface area contributed by atoms with Crippen LogP contribution in [0.2, 0.25) is 0 Å². The molecule has 1 aliphatic rings. The van der Waals surface area contributed by atoms with Crippen molar-refractivity contribution in [2.24, 2.45) is 5.41 Å². The van der Waals surface area contributed by atoms with Crippen LogP contribution in [0.5, 0.6) is 5.75 Å². The van der Waals surface area contributed by atoms with E-state index in [-0.39, 0.29) is 5.75 Å². The molecule has 0 aliphatic carbocycles. The van der Waals surface area contributed by atoms with Gasteiger partial charge >= 0.3 is 0 Å². The van der Waals surface area contributed by atoms with Crippen molar-refractivity contribution in [3.63, 3.8) is 0 Å². The molecule has 0 spiro atoms. The average molecular weight is 403 g/mol. The van der Waals surface area contributed by atoms with Gasteiger partial charge < -0.3 is 9.84 Å². The maximum absolute atomic E-state index is 13.4. The molecule has 28 heavy (non-hydrogen) atoms. The summed E-state index contributed by atoms with van der Waals surface area (Å²) in [6, 6.07) is 14.8. The molecule has 1 aliphatic heterocycles. The summed E-state index contributed by atoms with van der Waals surface area (Å²) >= 11 is 0. The highest BCUT2D eigenvalue weighted by Crippen LogP contribution is 2.49. The fourth-order valence-corrected chi connectivity index (χ4v) is 6.76. The van der Waals surface area contributed by atoms with Gasteiger partial charge in [-0.15, -0.1) is 0 Å². The molecule has 0 unspecified atom stereocenters. The minimum atomic E-state index is -3.54. The molecule has 0 amide bonds. The zero-order valence-corrected chi connectivity index (χ0v) is 17.7. The van der Waals surface area contributed by atoms with Crippen LogP contribution in [0.1, 0.15) is 56.6 Å². The van der Waals surface area contributed by atoms with Crippen molar-refractivity contribution < 1.29 is 18.3 Å². The van der Waals surface area contributed by atoms with E-state index < -0.39 is 27.3 Å². The Morgan fingerprint density at radius 2 is 1.86 bits per heavy atom. The highest BCUT2D eigenvalue weighted by Gasteiger charge is 2.48. The van der Waals surface area contributed by atoms with Gasteiger partial charge in [-0.1, -0.05) is 57.0 Å². The lowest BCUT2D eigenvalue weighted by molar-refractivity contribution is 0.0174. The molecular weight excluding hydrogens is 372 g/mol. The van der Waals surface area contributed by atoms with Gasteiger partial charge in [0.05, 0.1) is 23.9 Å². The Kier molecular flexibility index (Phi) is 6.15. The molecule has 152 valence electrons. The standard InChI is InChI=1S/C23H30O4S/c1-4-6-14-23(5-2)16-28(25,26)20-13-12-18(27-3)15-19(20)21(22(23)24)17-10-8-7-9-11-17/h7-13,15,21-22,24H,4-6,14,16H2,1-3H3/t21-,22-,23+/m0/s1. The lowest BCUT2D eigenvalue weighted by atomic mass is 9.69. The van der Waals surface area contributed by atoms with E-state index in [2.05, 4.69) is 6.92 Å². The molecule has 0 bridgehead atoms. The van der Waals surface area contributed by atoms with Gasteiger partial charge in [-0.25, -0.2) is 8.42 Å². The Balaban J connectivity index is 2.29. The second kappa shape index (κ2) is 8.26. The van der Waals surface area contributed by atoms with Gasteiger partial charge in [0, 0.05) is 11.3 Å². The predicted octanol–water partition coefficient (Wildman–Crippen LogP) is 4.56. The number of aliphatic hydroxyl groups is 1. The first-order valence-electron chi connectivity index (χ1n) is 10.0. The molecule has 0 radical (unpaired) electrons. The van der Waals surface area contributed by atoms with E-state index in [4.69, 9.17) is 4.74 Å². The molecule has 3 rings (SSSR count). The van der Waals surface area contributed by atoms with E-state index in [1.54, 1.807) is 25.3 Å². The van der Waals surface area contributed by atoms with E-state index in [0.717, 1.165) is 18.4 Å². The number of hydrogen-bond donors (Lipinski definition) is 1. The summed E-state index contributed by atoms with van der Waals surface area (Å²) < 4.78 is 32.2. The third-order valence-electron chi connectivity index (χ3n) is 6.20. The van der Waals surface area contributed by atoms with Crippen molar-refractivity contribution in [1.82, 2.24) is 0 Å². The third-order valence-corrected chi connectivity index (χ3v) is 8.20. The Bertz CT molecular complexity index is 907. The zero-order chi connectivity index (χ0) is 20.4. The van der Waals surface area contributed by atoms with Crippen LogP contribution in [-0.4, -0.2) is 32.5 Å². The number of hydrogen-bond acceptors (Lipinski definition) is 4. The first kappa shape index (κ1) is 20.9. The summed E-state index contributed by atoms with van der Waals surface area (Å²) in [6.45, 7) is 4.09. The summed E-state index contributed by atoms with van der Waals surface area (Å²) in [5.74, 6) is 0.153. The smallest absolute Gasteiger partial charge is 0.179 e. The SMILES string of the molecule is CCCC[C@]1(CC)CS(=O)(=O)c2ccc(OC)cc2[C@H](c2ccccc2)[C@@H]1O. The van der Waals surface area contributed by atoms with Crippen molar-refractivity contribution in [2.45, 2.75) is 56.4 Å². The normalized spacial score (nSPS) is 26.3. The minimum absolute atomic E-state index is 0.0275. The molecule has 5 heteroatoms. The van der Waals surface area contributed by atoms with Crippen molar-refractivity contribution in [3.05, 3.63) is 59.7 Å². The van der Waals surface area contributed by atoms with Crippen molar-refractivity contribution >= 4 is 9.84 Å². The van der Waals surface area contributed by atoms with Crippen molar-refractivity contribution in [1.29, 1.82) is 0 Å². The summed E-state index contributed by atoms with van der Waals surface area (Å²) in [5.41, 5.74) is 0.877. The predicted molar refractivity (Wildman–Crippen MR) is 112 cm³/mol. The van der Waals surface area contributed by atoms with Crippen molar-refractivity contribution in [3.8, 4) is 5.75 Å². The van der Waals surface area contributed by atoms with E-state index in [9.17, 15) is 13.5 Å². The molecule has 0 fully saturated rings. The maximum atomic E-state index is 13.4. The second-order valence-corrected chi connectivity index (χ2v) is 9.77. The summed E-state index contributed by atoms with van der Waals surface area (Å²) in [7, 11) is -1.98. The molecular formula is C23H30O4S. The van der Waals surface area contributed by atoms with Gasteiger partial charge in [-0.05, 0) is 42.2 Å². The maximum Gasteiger partial charge on any atom is 0.179 e. The number of ether oxygens (including phenoxy) is 1. The Labute approximate surface area is 168 Å². The van der Waals surface area contributed by atoms with Crippen LogP contribution < -0.4 is 4.74 Å². The van der Waals surface area contributed by atoms with Gasteiger partial charge in [0.2, 0.25) is 0 Å². The Morgan fingerprint density at radius 3 is 2.46 bits per heavy atom. The largest absolute Gasteiger partial charge is 0.497 e. The van der Waals surface area contributed by atoms with Crippen LogP contribution in [0, 0.1) is 5.41 Å². The second-order valence-electron chi connectivity index (χ2n) is 7.82. The number of rotatable bonds is 6. The number of benzene rings is 2. The number of sulfone groups is 1. The molecule has 1 heterocycles. The minimum Gasteiger partial charge on any atom is -0.497 e. The third kappa shape index (κ3) is 3.70. The highest BCUT2D eigenvalue weighted by molar-refractivity contribution is 7.91. The number of fused-ring (bicyclic) bond motifs is 1. The molecule has 2 aromatic carbocycles. The monoisotopic (exact) mass is 402 g/mol. The molecule has 0 saturated heterocycles. The van der Waals surface area contributed by atoms with Gasteiger partial charge in [0.25, 0.3) is 0 Å². The number of aliphatic hydroxyl groups excluding tert-OH is 1. The van der Waals surface area contributed by atoms with Crippen LogP contribution in [0.3, 0.4) is 0 Å². The van der Waals surface area contributed by atoms with Gasteiger partial charge in [0.15, 0.2) is 9.84 Å². The summed E-state index contributed by atoms with van der Waals surface area (Å²) in [6.07, 6.45) is 2.36. The average Bonchev–Trinajstić information content (AvgIpc) is 2.78. The lowest BCUT2D eigenvalue weighted by Gasteiger charge is -2.39. The first-order chi connectivity index (χ1) is 13.4. The molecule has 3 atom stereocenters. The van der Waals surface area contributed by atoms with Crippen LogP contribution >= 0.6 is 0 Å². The van der Waals surface area contributed by atoms with E-state index >= 15 is 0 Å². The summed E-state index contributed by atoms with van der Waals surface area (Å²) in [5, 5.41) is 11.7. The molecule has 1 N–H and O–H groups in total. The zero-order valence-electron chi connectivity index (χ0n) is 16.9. The molecule has 0 aromatic heterocycles. The van der Waals surface area contributed by atoms with Crippen LogP contribution in [0.4, 0.5) is 0 Å².